The normalized spacial score (nSPS) is 11.6. The molecule has 2 N–H and O–H groups in total. The van der Waals surface area contributed by atoms with Gasteiger partial charge in [-0.15, -0.1) is 11.3 Å². The fraction of sp³-hybridized carbons (Fsp3) is 0.278. The zero-order valence-electron chi connectivity index (χ0n) is 14.7. The monoisotopic (exact) mass is 354 g/mol. The van der Waals surface area contributed by atoms with Crippen LogP contribution < -0.4 is 10.6 Å². The van der Waals surface area contributed by atoms with Gasteiger partial charge in [-0.1, -0.05) is 12.1 Å². The van der Waals surface area contributed by atoms with E-state index in [1.54, 1.807) is 18.4 Å². The number of aryl methyl sites for hydroxylation is 2. The number of guanidine groups is 1. The van der Waals surface area contributed by atoms with Crippen molar-refractivity contribution in [1.29, 1.82) is 0 Å². The summed E-state index contributed by atoms with van der Waals surface area (Å²) in [5, 5.41) is 13.1. The van der Waals surface area contributed by atoms with Crippen LogP contribution in [0.1, 0.15) is 21.8 Å². The van der Waals surface area contributed by atoms with Crippen LogP contribution in [0.15, 0.2) is 46.9 Å². The van der Waals surface area contributed by atoms with E-state index in [4.69, 9.17) is 0 Å². The van der Waals surface area contributed by atoms with Gasteiger partial charge in [-0.05, 0) is 43.0 Å². The summed E-state index contributed by atoms with van der Waals surface area (Å²) < 4.78 is 1.86. The molecule has 130 valence electrons. The number of rotatable bonds is 5. The zero-order chi connectivity index (χ0) is 17.6. The molecule has 3 heterocycles. The third-order valence-electron chi connectivity index (χ3n) is 3.73. The average Bonchev–Trinajstić information content (AvgIpc) is 3.25. The summed E-state index contributed by atoms with van der Waals surface area (Å²) in [6.45, 7) is 5.44. The summed E-state index contributed by atoms with van der Waals surface area (Å²) in [6, 6.07) is 10.2. The number of pyridine rings is 1. The van der Waals surface area contributed by atoms with Gasteiger partial charge in [-0.3, -0.25) is 4.99 Å². The molecule has 3 aromatic rings. The highest BCUT2D eigenvalue weighted by Gasteiger charge is 2.05. The summed E-state index contributed by atoms with van der Waals surface area (Å²) in [5.74, 6) is 1.60. The van der Waals surface area contributed by atoms with E-state index < -0.39 is 0 Å². The number of thiophene rings is 1. The summed E-state index contributed by atoms with van der Waals surface area (Å²) in [4.78, 5) is 10.0. The van der Waals surface area contributed by atoms with Gasteiger partial charge >= 0.3 is 0 Å². The van der Waals surface area contributed by atoms with Crippen molar-refractivity contribution in [3.05, 3.63) is 63.7 Å². The molecule has 6 nitrogen and oxygen atoms in total. The molecule has 0 aliphatic rings. The Balaban J connectivity index is 1.56. The second-order valence-corrected chi connectivity index (χ2v) is 6.75. The van der Waals surface area contributed by atoms with Gasteiger partial charge < -0.3 is 10.6 Å². The largest absolute Gasteiger partial charge is 0.352 e. The molecular weight excluding hydrogens is 332 g/mol. The van der Waals surface area contributed by atoms with E-state index in [0.717, 1.165) is 35.3 Å². The Kier molecular flexibility index (Phi) is 5.45. The number of aliphatic imine (C=N–C) groups is 1. The van der Waals surface area contributed by atoms with Crippen molar-refractivity contribution in [3.63, 3.8) is 0 Å². The van der Waals surface area contributed by atoms with E-state index in [9.17, 15) is 0 Å². The van der Waals surface area contributed by atoms with Crippen LogP contribution in [0, 0.1) is 13.8 Å². The summed E-state index contributed by atoms with van der Waals surface area (Å²) in [5.41, 5.74) is 3.16. The highest BCUT2D eigenvalue weighted by Crippen LogP contribution is 2.10. The first-order chi connectivity index (χ1) is 12.2. The number of nitrogens with zero attached hydrogens (tertiary/aromatic N) is 4. The van der Waals surface area contributed by atoms with E-state index >= 15 is 0 Å². The Labute approximate surface area is 151 Å². The average molecular weight is 354 g/mol. The van der Waals surface area contributed by atoms with Crippen molar-refractivity contribution in [2.75, 3.05) is 7.05 Å². The Hall–Kier alpha value is -2.67. The van der Waals surface area contributed by atoms with Gasteiger partial charge in [0.1, 0.15) is 0 Å². The Morgan fingerprint density at radius 2 is 2.04 bits per heavy atom. The van der Waals surface area contributed by atoms with E-state index in [0.29, 0.717) is 6.54 Å². The first-order valence-corrected chi connectivity index (χ1v) is 8.99. The van der Waals surface area contributed by atoms with Crippen LogP contribution in [0.4, 0.5) is 0 Å². The molecule has 0 aliphatic heterocycles. The Morgan fingerprint density at radius 1 is 1.20 bits per heavy atom. The molecule has 25 heavy (non-hydrogen) atoms. The van der Waals surface area contributed by atoms with Crippen molar-refractivity contribution in [2.24, 2.45) is 4.99 Å². The van der Waals surface area contributed by atoms with Crippen molar-refractivity contribution in [3.8, 4) is 5.82 Å². The molecule has 0 fully saturated rings. The third-order valence-corrected chi connectivity index (χ3v) is 4.61. The number of hydrogen-bond acceptors (Lipinski definition) is 4. The minimum atomic E-state index is 0.661. The van der Waals surface area contributed by atoms with E-state index in [2.05, 4.69) is 43.2 Å². The smallest absolute Gasteiger partial charge is 0.191 e. The molecular formula is C18H22N6S. The minimum absolute atomic E-state index is 0.661. The molecule has 0 unspecified atom stereocenters. The molecule has 0 bridgehead atoms. The molecule has 0 aromatic carbocycles. The maximum atomic E-state index is 4.52. The zero-order valence-corrected chi connectivity index (χ0v) is 15.5. The van der Waals surface area contributed by atoms with Crippen LogP contribution in [0.2, 0.25) is 0 Å². The van der Waals surface area contributed by atoms with Crippen LogP contribution in [0.25, 0.3) is 5.82 Å². The van der Waals surface area contributed by atoms with Crippen molar-refractivity contribution in [2.45, 2.75) is 26.9 Å². The minimum Gasteiger partial charge on any atom is -0.352 e. The third kappa shape index (κ3) is 4.45. The summed E-state index contributed by atoms with van der Waals surface area (Å²) >= 11 is 1.73. The lowest BCUT2D eigenvalue weighted by Gasteiger charge is -2.11. The molecule has 0 amide bonds. The molecule has 0 radical (unpaired) electrons. The van der Waals surface area contributed by atoms with Gasteiger partial charge in [0.25, 0.3) is 0 Å². The first kappa shape index (κ1) is 17.2. The van der Waals surface area contributed by atoms with E-state index in [1.807, 2.05) is 42.9 Å². The lowest BCUT2D eigenvalue weighted by molar-refractivity contribution is 0.792. The molecule has 0 saturated carbocycles. The number of aromatic nitrogens is 3. The van der Waals surface area contributed by atoms with E-state index in [1.165, 1.54) is 4.88 Å². The predicted molar refractivity (Wildman–Crippen MR) is 102 cm³/mol. The quantitative estimate of drug-likeness (QED) is 0.546. The summed E-state index contributed by atoms with van der Waals surface area (Å²) in [6.07, 6.45) is 1.87. The second kappa shape index (κ2) is 7.94. The molecule has 3 aromatic heterocycles. The Morgan fingerprint density at radius 3 is 2.64 bits per heavy atom. The highest BCUT2D eigenvalue weighted by molar-refractivity contribution is 7.09. The van der Waals surface area contributed by atoms with Gasteiger partial charge in [0.05, 0.1) is 12.2 Å². The van der Waals surface area contributed by atoms with Gasteiger partial charge in [-0.2, -0.15) is 5.10 Å². The fourth-order valence-electron chi connectivity index (χ4n) is 2.50. The fourth-order valence-corrected chi connectivity index (χ4v) is 3.14. The van der Waals surface area contributed by atoms with Crippen LogP contribution in [0.3, 0.4) is 0 Å². The Bertz CT molecular complexity index is 833. The number of nitrogens with one attached hydrogen (secondary N) is 2. The lowest BCUT2D eigenvalue weighted by atomic mass is 10.3. The molecule has 0 spiro atoms. The van der Waals surface area contributed by atoms with Crippen molar-refractivity contribution < 1.29 is 0 Å². The topological polar surface area (TPSA) is 67.1 Å². The SMILES string of the molecule is CN=C(NCc1ccc(-n2nc(C)cc2C)nc1)NCc1cccs1. The highest BCUT2D eigenvalue weighted by atomic mass is 32.1. The van der Waals surface area contributed by atoms with Gasteiger partial charge in [-0.25, -0.2) is 9.67 Å². The second-order valence-electron chi connectivity index (χ2n) is 5.72. The molecule has 0 saturated heterocycles. The molecule has 7 heteroatoms. The van der Waals surface area contributed by atoms with E-state index in [-0.39, 0.29) is 0 Å². The summed E-state index contributed by atoms with van der Waals surface area (Å²) in [7, 11) is 1.77. The van der Waals surface area contributed by atoms with Gasteiger partial charge in [0.15, 0.2) is 11.8 Å². The maximum Gasteiger partial charge on any atom is 0.191 e. The lowest BCUT2D eigenvalue weighted by Crippen LogP contribution is -2.36. The van der Waals surface area contributed by atoms with Crippen molar-refractivity contribution >= 4 is 17.3 Å². The molecule has 3 rings (SSSR count). The maximum absolute atomic E-state index is 4.52. The molecule has 0 aliphatic carbocycles. The van der Waals surface area contributed by atoms with Crippen LogP contribution in [0.5, 0.6) is 0 Å². The van der Waals surface area contributed by atoms with Crippen LogP contribution in [-0.2, 0) is 13.1 Å². The predicted octanol–water partition coefficient (Wildman–Crippen LogP) is 2.81. The number of hydrogen-bond donors (Lipinski definition) is 2. The van der Waals surface area contributed by atoms with Gasteiger partial charge in [0.2, 0.25) is 0 Å². The van der Waals surface area contributed by atoms with Crippen molar-refractivity contribution in [1.82, 2.24) is 25.4 Å². The van der Waals surface area contributed by atoms with Crippen LogP contribution >= 0.6 is 11.3 Å². The van der Waals surface area contributed by atoms with Crippen LogP contribution in [-0.4, -0.2) is 27.8 Å². The first-order valence-electron chi connectivity index (χ1n) is 8.11. The molecule has 0 atom stereocenters. The standard InChI is InChI=1S/C18H22N6S/c1-13-9-14(2)24(23-13)17-7-6-15(10-20-17)11-21-18(19-3)22-12-16-5-4-8-25-16/h4-10H,11-12H2,1-3H3,(H2,19,21,22). The van der Waals surface area contributed by atoms with Gasteiger partial charge in [0, 0.05) is 30.4 Å².